The van der Waals surface area contributed by atoms with Gasteiger partial charge in [-0.1, -0.05) is 20.3 Å². The summed E-state index contributed by atoms with van der Waals surface area (Å²) in [6.45, 7) is 9.56. The Morgan fingerprint density at radius 1 is 1.19 bits per heavy atom. The second-order valence-electron chi connectivity index (χ2n) is 6.16. The molecule has 0 saturated heterocycles. The molecule has 3 nitrogen and oxygen atoms in total. The summed E-state index contributed by atoms with van der Waals surface area (Å²) in [5, 5.41) is 2.94. The van der Waals surface area contributed by atoms with Gasteiger partial charge in [-0.05, 0) is 33.6 Å². The SMILES string of the molecule is CC(C)C(=O)C1(C(=O)NC(C)(C)C)CCC1. The lowest BCUT2D eigenvalue weighted by Crippen LogP contribution is -2.56. The highest BCUT2D eigenvalue weighted by atomic mass is 16.2. The molecule has 0 heterocycles. The summed E-state index contributed by atoms with van der Waals surface area (Å²) in [6.07, 6.45) is 2.41. The molecule has 0 bridgehead atoms. The number of hydrogen-bond donors (Lipinski definition) is 1. The van der Waals surface area contributed by atoms with Crippen molar-refractivity contribution in [3.05, 3.63) is 0 Å². The Hall–Kier alpha value is -0.860. The van der Waals surface area contributed by atoms with Gasteiger partial charge in [0, 0.05) is 11.5 Å². The molecular weight excluding hydrogens is 202 g/mol. The van der Waals surface area contributed by atoms with Gasteiger partial charge in [-0.15, -0.1) is 0 Å². The van der Waals surface area contributed by atoms with Crippen molar-refractivity contribution in [2.24, 2.45) is 11.3 Å². The van der Waals surface area contributed by atoms with Crippen LogP contribution in [0, 0.1) is 11.3 Å². The molecule has 0 aliphatic heterocycles. The molecule has 1 rings (SSSR count). The molecule has 0 unspecified atom stereocenters. The van der Waals surface area contributed by atoms with Crippen molar-refractivity contribution in [3.8, 4) is 0 Å². The van der Waals surface area contributed by atoms with Crippen LogP contribution in [0.1, 0.15) is 53.9 Å². The van der Waals surface area contributed by atoms with Crippen molar-refractivity contribution < 1.29 is 9.59 Å². The van der Waals surface area contributed by atoms with E-state index in [0.29, 0.717) is 12.8 Å². The number of rotatable bonds is 3. The highest BCUT2D eigenvalue weighted by Crippen LogP contribution is 2.44. The van der Waals surface area contributed by atoms with Crippen molar-refractivity contribution in [2.45, 2.75) is 59.4 Å². The first-order valence-corrected chi connectivity index (χ1v) is 6.06. The van der Waals surface area contributed by atoms with E-state index in [4.69, 9.17) is 0 Å². The molecule has 1 N–H and O–H groups in total. The van der Waals surface area contributed by atoms with E-state index >= 15 is 0 Å². The summed E-state index contributed by atoms with van der Waals surface area (Å²) in [5.41, 5.74) is -0.988. The molecular formula is C13H23NO2. The Kier molecular flexibility index (Phi) is 3.46. The molecule has 0 aromatic heterocycles. The van der Waals surface area contributed by atoms with Crippen LogP contribution in [0.4, 0.5) is 0 Å². The molecule has 0 atom stereocenters. The van der Waals surface area contributed by atoms with Crippen LogP contribution in [0.3, 0.4) is 0 Å². The van der Waals surface area contributed by atoms with Crippen LogP contribution >= 0.6 is 0 Å². The van der Waals surface area contributed by atoms with E-state index < -0.39 is 5.41 Å². The van der Waals surface area contributed by atoms with Gasteiger partial charge in [-0.25, -0.2) is 0 Å². The molecule has 0 aromatic carbocycles. The van der Waals surface area contributed by atoms with Crippen LogP contribution in [0.15, 0.2) is 0 Å². The van der Waals surface area contributed by atoms with Crippen LogP contribution in [0.5, 0.6) is 0 Å². The van der Waals surface area contributed by atoms with E-state index in [1.54, 1.807) is 0 Å². The van der Waals surface area contributed by atoms with Gasteiger partial charge in [0.2, 0.25) is 5.91 Å². The fraction of sp³-hybridized carbons (Fsp3) is 0.846. The van der Waals surface area contributed by atoms with Gasteiger partial charge >= 0.3 is 0 Å². The zero-order valence-electron chi connectivity index (χ0n) is 11.0. The summed E-state index contributed by atoms with van der Waals surface area (Å²) in [5.74, 6) is -0.0449. The second-order valence-corrected chi connectivity index (χ2v) is 6.16. The maximum atomic E-state index is 12.2. The van der Waals surface area contributed by atoms with Crippen molar-refractivity contribution >= 4 is 11.7 Å². The summed E-state index contributed by atoms with van der Waals surface area (Å²) in [4.78, 5) is 24.3. The smallest absolute Gasteiger partial charge is 0.234 e. The Labute approximate surface area is 98.0 Å². The number of nitrogens with one attached hydrogen (secondary N) is 1. The van der Waals surface area contributed by atoms with Gasteiger partial charge in [0.1, 0.15) is 5.41 Å². The summed E-state index contributed by atoms with van der Waals surface area (Å²) in [7, 11) is 0. The normalized spacial score (nSPS) is 19.1. The van der Waals surface area contributed by atoms with Crippen molar-refractivity contribution in [1.82, 2.24) is 5.32 Å². The number of carbonyl (C=O) groups is 2. The highest BCUT2D eigenvalue weighted by Gasteiger charge is 2.51. The molecule has 1 saturated carbocycles. The zero-order chi connectivity index (χ0) is 12.6. The Bertz CT molecular complexity index is 296. The molecule has 0 radical (unpaired) electrons. The molecule has 0 spiro atoms. The van der Waals surface area contributed by atoms with Crippen LogP contribution in [-0.4, -0.2) is 17.2 Å². The van der Waals surface area contributed by atoms with Crippen LogP contribution < -0.4 is 5.32 Å². The first-order chi connectivity index (χ1) is 7.19. The standard InChI is InChI=1S/C13H23NO2/c1-9(2)10(15)13(7-6-8-13)11(16)14-12(3,4)5/h9H,6-8H2,1-5H3,(H,14,16). The lowest BCUT2D eigenvalue weighted by Gasteiger charge is -2.41. The Balaban J connectivity index is 2.81. The topological polar surface area (TPSA) is 46.2 Å². The van der Waals surface area contributed by atoms with Gasteiger partial charge in [-0.3, -0.25) is 9.59 Å². The van der Waals surface area contributed by atoms with Crippen molar-refractivity contribution in [3.63, 3.8) is 0 Å². The third-order valence-electron chi connectivity index (χ3n) is 3.13. The van der Waals surface area contributed by atoms with E-state index in [1.807, 2.05) is 34.6 Å². The fourth-order valence-corrected chi connectivity index (χ4v) is 2.13. The number of ketones is 1. The van der Waals surface area contributed by atoms with E-state index in [1.165, 1.54) is 0 Å². The third-order valence-corrected chi connectivity index (χ3v) is 3.13. The lowest BCUT2D eigenvalue weighted by atomic mass is 9.63. The highest BCUT2D eigenvalue weighted by molar-refractivity contribution is 6.07. The molecule has 0 aromatic rings. The summed E-state index contributed by atoms with van der Waals surface area (Å²) in [6, 6.07) is 0. The Morgan fingerprint density at radius 2 is 1.69 bits per heavy atom. The van der Waals surface area contributed by atoms with Gasteiger partial charge in [0.25, 0.3) is 0 Å². The van der Waals surface area contributed by atoms with Crippen molar-refractivity contribution in [1.29, 1.82) is 0 Å². The quantitative estimate of drug-likeness (QED) is 0.749. The van der Waals surface area contributed by atoms with E-state index in [-0.39, 0.29) is 23.1 Å². The van der Waals surface area contributed by atoms with Gasteiger partial charge in [0.15, 0.2) is 5.78 Å². The molecule has 1 amide bonds. The number of hydrogen-bond acceptors (Lipinski definition) is 2. The van der Waals surface area contributed by atoms with Crippen LogP contribution in [0.2, 0.25) is 0 Å². The monoisotopic (exact) mass is 225 g/mol. The number of amides is 1. The minimum absolute atomic E-state index is 0.0639. The molecule has 1 fully saturated rings. The Morgan fingerprint density at radius 3 is 1.94 bits per heavy atom. The molecule has 92 valence electrons. The van der Waals surface area contributed by atoms with Gasteiger partial charge < -0.3 is 5.32 Å². The molecule has 1 aliphatic carbocycles. The number of Topliss-reactive ketones (excluding diaryl/α,β-unsaturated/α-hetero) is 1. The predicted molar refractivity (Wildman–Crippen MR) is 64.0 cm³/mol. The van der Waals surface area contributed by atoms with Gasteiger partial charge in [-0.2, -0.15) is 0 Å². The minimum Gasteiger partial charge on any atom is -0.351 e. The summed E-state index contributed by atoms with van der Waals surface area (Å²) < 4.78 is 0. The zero-order valence-corrected chi connectivity index (χ0v) is 11.0. The fourth-order valence-electron chi connectivity index (χ4n) is 2.13. The first-order valence-electron chi connectivity index (χ1n) is 6.06. The van der Waals surface area contributed by atoms with Crippen LogP contribution in [-0.2, 0) is 9.59 Å². The molecule has 3 heteroatoms. The predicted octanol–water partition coefficient (Wildman–Crippen LogP) is 2.30. The largest absolute Gasteiger partial charge is 0.351 e. The average molecular weight is 225 g/mol. The molecule has 1 aliphatic rings. The maximum Gasteiger partial charge on any atom is 0.234 e. The number of carbonyl (C=O) groups excluding carboxylic acids is 2. The van der Waals surface area contributed by atoms with Gasteiger partial charge in [0.05, 0.1) is 0 Å². The second kappa shape index (κ2) is 4.19. The van der Waals surface area contributed by atoms with E-state index in [0.717, 1.165) is 6.42 Å². The summed E-state index contributed by atoms with van der Waals surface area (Å²) >= 11 is 0. The maximum absolute atomic E-state index is 12.2. The lowest BCUT2D eigenvalue weighted by molar-refractivity contribution is -0.151. The minimum atomic E-state index is -0.721. The van der Waals surface area contributed by atoms with E-state index in [2.05, 4.69) is 5.32 Å². The first kappa shape index (κ1) is 13.2. The van der Waals surface area contributed by atoms with Crippen molar-refractivity contribution in [2.75, 3.05) is 0 Å². The third kappa shape index (κ3) is 2.45. The molecule has 16 heavy (non-hydrogen) atoms. The van der Waals surface area contributed by atoms with Crippen LogP contribution in [0.25, 0.3) is 0 Å². The van der Waals surface area contributed by atoms with E-state index in [9.17, 15) is 9.59 Å². The average Bonchev–Trinajstić information content (AvgIpc) is 1.97.